The fraction of sp³-hybridized carbons (Fsp3) is 0.500. The number of aryl methyl sites for hydroxylation is 1. The van der Waals surface area contributed by atoms with E-state index in [-0.39, 0.29) is 11.8 Å². The maximum atomic E-state index is 13.8. The SMILES string of the molecule is Cc1nn(-c2ccccn2)c2nc(C3CC3)cc(C(=O)N3CCN(C(=O)CN4CCOCC4)CC3)c12. The number of morpholine rings is 1. The molecule has 10 heteroatoms. The van der Waals surface area contributed by atoms with Crippen LogP contribution in [0.25, 0.3) is 16.9 Å². The standard InChI is InChI=1S/C26H31N7O3/c1-18-24-20(16-21(19-5-6-19)28-25(24)33(29-18)22-4-2-3-7-27-22)26(35)32-10-8-31(9-11-32)23(34)17-30-12-14-36-15-13-30/h2-4,7,16,19H,5-6,8-15,17H2,1H3. The van der Waals surface area contributed by atoms with E-state index in [1.165, 1.54) is 0 Å². The van der Waals surface area contributed by atoms with Gasteiger partial charge in [0.05, 0.1) is 36.4 Å². The van der Waals surface area contributed by atoms with E-state index in [1.807, 2.05) is 41.0 Å². The molecule has 3 fully saturated rings. The lowest BCUT2D eigenvalue weighted by atomic mass is 10.1. The van der Waals surface area contributed by atoms with Gasteiger partial charge >= 0.3 is 0 Å². The van der Waals surface area contributed by atoms with E-state index >= 15 is 0 Å². The Morgan fingerprint density at radius 3 is 2.47 bits per heavy atom. The molecule has 36 heavy (non-hydrogen) atoms. The first-order chi connectivity index (χ1) is 17.6. The van der Waals surface area contributed by atoms with Crippen molar-refractivity contribution < 1.29 is 14.3 Å². The number of amides is 2. The molecule has 1 saturated carbocycles. The summed E-state index contributed by atoms with van der Waals surface area (Å²) in [4.78, 5) is 41.9. The summed E-state index contributed by atoms with van der Waals surface area (Å²) in [6.45, 7) is 7.39. The third-order valence-electron chi connectivity index (χ3n) is 7.31. The Morgan fingerprint density at radius 1 is 1.03 bits per heavy atom. The zero-order chi connectivity index (χ0) is 24.6. The van der Waals surface area contributed by atoms with Gasteiger partial charge in [-0.2, -0.15) is 9.78 Å². The monoisotopic (exact) mass is 489 g/mol. The van der Waals surface area contributed by atoms with Gasteiger partial charge in [0.25, 0.3) is 5.91 Å². The lowest BCUT2D eigenvalue weighted by molar-refractivity contribution is -0.134. The number of rotatable bonds is 5. The average Bonchev–Trinajstić information content (AvgIpc) is 3.72. The average molecular weight is 490 g/mol. The minimum absolute atomic E-state index is 0.0201. The summed E-state index contributed by atoms with van der Waals surface area (Å²) in [5.41, 5.74) is 3.03. The van der Waals surface area contributed by atoms with E-state index in [1.54, 1.807) is 10.9 Å². The number of aromatic nitrogens is 4. The third-order valence-corrected chi connectivity index (χ3v) is 7.31. The van der Waals surface area contributed by atoms with Gasteiger partial charge in [-0.15, -0.1) is 0 Å². The quantitative estimate of drug-likeness (QED) is 0.537. The van der Waals surface area contributed by atoms with Crippen LogP contribution in [0.1, 0.15) is 40.5 Å². The molecule has 3 aliphatic rings. The van der Waals surface area contributed by atoms with Gasteiger partial charge in [-0.05, 0) is 38.0 Å². The fourth-order valence-electron chi connectivity index (χ4n) is 5.08. The predicted octanol–water partition coefficient (Wildman–Crippen LogP) is 1.62. The molecule has 2 amide bonds. The maximum absolute atomic E-state index is 13.8. The normalized spacial score (nSPS) is 19.1. The van der Waals surface area contributed by atoms with Gasteiger partial charge < -0.3 is 14.5 Å². The van der Waals surface area contributed by atoms with Crippen LogP contribution in [0.3, 0.4) is 0 Å². The van der Waals surface area contributed by atoms with Gasteiger partial charge in [-0.1, -0.05) is 6.07 Å². The number of hydrogen-bond donors (Lipinski definition) is 0. The number of nitrogens with zero attached hydrogens (tertiary/aromatic N) is 7. The highest BCUT2D eigenvalue weighted by molar-refractivity contribution is 6.07. The number of carbonyl (C=O) groups excluding carboxylic acids is 2. The minimum Gasteiger partial charge on any atom is -0.379 e. The summed E-state index contributed by atoms with van der Waals surface area (Å²) in [7, 11) is 0. The Bertz CT molecular complexity index is 1270. The van der Waals surface area contributed by atoms with Gasteiger partial charge in [0.2, 0.25) is 5.91 Å². The number of carbonyl (C=O) groups is 2. The van der Waals surface area contributed by atoms with Crippen LogP contribution < -0.4 is 0 Å². The van der Waals surface area contributed by atoms with Crippen molar-refractivity contribution in [2.24, 2.45) is 0 Å². The number of pyridine rings is 2. The van der Waals surface area contributed by atoms with Crippen molar-refractivity contribution in [3.05, 3.63) is 47.4 Å². The summed E-state index contributed by atoms with van der Waals surface area (Å²) in [5.74, 6) is 1.18. The van der Waals surface area contributed by atoms with E-state index < -0.39 is 0 Å². The summed E-state index contributed by atoms with van der Waals surface area (Å²) < 4.78 is 7.12. The largest absolute Gasteiger partial charge is 0.379 e. The molecule has 0 aromatic carbocycles. The molecule has 10 nitrogen and oxygen atoms in total. The lowest BCUT2D eigenvalue weighted by Crippen LogP contribution is -2.53. The highest BCUT2D eigenvalue weighted by Crippen LogP contribution is 2.41. The molecule has 0 bridgehead atoms. The Hall–Kier alpha value is -3.37. The number of piperazine rings is 1. The van der Waals surface area contributed by atoms with Crippen molar-refractivity contribution in [2.45, 2.75) is 25.7 Å². The third kappa shape index (κ3) is 4.46. The van der Waals surface area contributed by atoms with E-state index in [9.17, 15) is 9.59 Å². The summed E-state index contributed by atoms with van der Waals surface area (Å²) in [5, 5.41) is 5.49. The molecule has 188 valence electrons. The Balaban J connectivity index is 1.24. The van der Waals surface area contributed by atoms with E-state index in [0.29, 0.717) is 68.9 Å². The second-order valence-corrected chi connectivity index (χ2v) is 9.81. The van der Waals surface area contributed by atoms with Crippen LogP contribution in [0.4, 0.5) is 0 Å². The molecule has 3 aromatic heterocycles. The predicted molar refractivity (Wildman–Crippen MR) is 133 cm³/mol. The zero-order valence-corrected chi connectivity index (χ0v) is 20.6. The highest BCUT2D eigenvalue weighted by atomic mass is 16.5. The first-order valence-corrected chi connectivity index (χ1v) is 12.8. The van der Waals surface area contributed by atoms with Crippen molar-refractivity contribution in [1.29, 1.82) is 0 Å². The first-order valence-electron chi connectivity index (χ1n) is 12.8. The molecule has 5 heterocycles. The van der Waals surface area contributed by atoms with Crippen molar-refractivity contribution >= 4 is 22.8 Å². The maximum Gasteiger partial charge on any atom is 0.254 e. The second-order valence-electron chi connectivity index (χ2n) is 9.81. The van der Waals surface area contributed by atoms with Crippen LogP contribution >= 0.6 is 0 Å². The minimum atomic E-state index is -0.0201. The molecular formula is C26H31N7O3. The summed E-state index contributed by atoms with van der Waals surface area (Å²) >= 11 is 0. The summed E-state index contributed by atoms with van der Waals surface area (Å²) in [6, 6.07) is 7.65. The van der Waals surface area contributed by atoms with E-state index in [4.69, 9.17) is 14.8 Å². The zero-order valence-electron chi connectivity index (χ0n) is 20.6. The fourth-order valence-corrected chi connectivity index (χ4v) is 5.08. The Labute approximate surface area is 209 Å². The smallest absolute Gasteiger partial charge is 0.254 e. The Morgan fingerprint density at radius 2 is 1.78 bits per heavy atom. The van der Waals surface area contributed by atoms with Crippen LogP contribution in [-0.2, 0) is 9.53 Å². The second kappa shape index (κ2) is 9.59. The first kappa shape index (κ1) is 23.1. The molecule has 0 N–H and O–H groups in total. The van der Waals surface area contributed by atoms with E-state index in [0.717, 1.165) is 42.7 Å². The van der Waals surface area contributed by atoms with Crippen molar-refractivity contribution in [1.82, 2.24) is 34.4 Å². The number of fused-ring (bicyclic) bond motifs is 1. The van der Waals surface area contributed by atoms with Crippen LogP contribution in [0.15, 0.2) is 30.5 Å². The number of ether oxygens (including phenoxy) is 1. The van der Waals surface area contributed by atoms with Gasteiger partial charge in [-0.25, -0.2) is 9.97 Å². The van der Waals surface area contributed by atoms with Gasteiger partial charge in [0.1, 0.15) is 0 Å². The number of hydrogen-bond acceptors (Lipinski definition) is 7. The van der Waals surface area contributed by atoms with E-state index in [2.05, 4.69) is 9.88 Å². The molecule has 0 atom stereocenters. The van der Waals surface area contributed by atoms with Crippen LogP contribution in [0.5, 0.6) is 0 Å². The van der Waals surface area contributed by atoms with Gasteiger partial charge in [0, 0.05) is 57.1 Å². The molecule has 0 unspecified atom stereocenters. The van der Waals surface area contributed by atoms with Crippen molar-refractivity contribution in [3.63, 3.8) is 0 Å². The van der Waals surface area contributed by atoms with Crippen LogP contribution in [0.2, 0.25) is 0 Å². The molecule has 0 radical (unpaired) electrons. The molecule has 6 rings (SSSR count). The van der Waals surface area contributed by atoms with Crippen LogP contribution in [-0.4, -0.2) is 105 Å². The Kier molecular flexibility index (Phi) is 6.14. The van der Waals surface area contributed by atoms with Gasteiger partial charge in [-0.3, -0.25) is 14.5 Å². The molecule has 0 spiro atoms. The molecule has 3 aromatic rings. The molecular weight excluding hydrogens is 458 g/mol. The lowest BCUT2D eigenvalue weighted by Gasteiger charge is -2.36. The molecule has 2 aliphatic heterocycles. The topological polar surface area (TPSA) is 96.7 Å². The van der Waals surface area contributed by atoms with Crippen LogP contribution in [0, 0.1) is 6.92 Å². The van der Waals surface area contributed by atoms with Crippen molar-refractivity contribution in [3.8, 4) is 5.82 Å². The van der Waals surface area contributed by atoms with Crippen molar-refractivity contribution in [2.75, 3.05) is 59.0 Å². The van der Waals surface area contributed by atoms with Gasteiger partial charge in [0.15, 0.2) is 11.5 Å². The molecule has 1 aliphatic carbocycles. The molecule has 2 saturated heterocycles. The summed E-state index contributed by atoms with van der Waals surface area (Å²) in [6.07, 6.45) is 3.91. The highest BCUT2D eigenvalue weighted by Gasteiger charge is 2.32.